The summed E-state index contributed by atoms with van der Waals surface area (Å²) in [5.74, 6) is 0.552. The first-order valence-electron chi connectivity index (χ1n) is 5.60. The van der Waals surface area contributed by atoms with Crippen LogP contribution in [0.3, 0.4) is 0 Å². The lowest BCUT2D eigenvalue weighted by molar-refractivity contribution is 0.214. The van der Waals surface area contributed by atoms with Gasteiger partial charge < -0.3 is 9.84 Å². The monoisotopic (exact) mass is 486 g/mol. The van der Waals surface area contributed by atoms with E-state index in [4.69, 9.17) is 27.9 Å². The lowest BCUT2D eigenvalue weighted by atomic mass is 10.0. The summed E-state index contributed by atoms with van der Waals surface area (Å²) in [6.07, 6.45) is -0.866. The summed E-state index contributed by atoms with van der Waals surface area (Å²) in [6.45, 7) is 0. The molecule has 0 fully saturated rings. The lowest BCUT2D eigenvalue weighted by Gasteiger charge is -2.17. The average molecular weight is 488 g/mol. The van der Waals surface area contributed by atoms with Gasteiger partial charge in [-0.25, -0.2) is 0 Å². The van der Waals surface area contributed by atoms with Crippen molar-refractivity contribution < 1.29 is 9.84 Å². The highest BCUT2D eigenvalue weighted by Gasteiger charge is 2.19. The van der Waals surface area contributed by atoms with Crippen LogP contribution in [-0.4, -0.2) is 12.2 Å². The van der Waals surface area contributed by atoms with Crippen molar-refractivity contribution in [2.45, 2.75) is 6.10 Å². The molecule has 2 aromatic carbocycles. The molecule has 1 N–H and O–H groups in total. The third-order valence-electron chi connectivity index (χ3n) is 2.80. The Hall–Kier alpha value is -0.0100. The van der Waals surface area contributed by atoms with Crippen molar-refractivity contribution in [1.29, 1.82) is 0 Å². The molecule has 20 heavy (non-hydrogen) atoms. The molecule has 1 atom stereocenters. The molecule has 0 aromatic heterocycles. The van der Waals surface area contributed by atoms with Crippen LogP contribution in [0, 0.1) is 3.57 Å². The summed E-state index contributed by atoms with van der Waals surface area (Å²) in [6, 6.07) is 8.82. The van der Waals surface area contributed by atoms with Gasteiger partial charge in [-0.1, -0.05) is 29.3 Å². The quantitative estimate of drug-likeness (QED) is 0.583. The molecule has 0 radical (unpaired) electrons. The molecule has 0 amide bonds. The van der Waals surface area contributed by atoms with Gasteiger partial charge in [0.15, 0.2) is 0 Å². The molecule has 6 heteroatoms. The summed E-state index contributed by atoms with van der Waals surface area (Å²) >= 11 is 17.7. The van der Waals surface area contributed by atoms with Crippen LogP contribution >= 0.6 is 61.7 Å². The molecule has 0 aliphatic rings. The predicted molar refractivity (Wildman–Crippen MR) is 93.9 cm³/mol. The molecule has 106 valence electrons. The highest BCUT2D eigenvalue weighted by molar-refractivity contribution is 14.1. The first kappa shape index (κ1) is 16.4. The Kier molecular flexibility index (Phi) is 5.59. The van der Waals surface area contributed by atoms with Crippen LogP contribution in [-0.2, 0) is 0 Å². The van der Waals surface area contributed by atoms with Crippen LogP contribution in [0.4, 0.5) is 0 Å². The van der Waals surface area contributed by atoms with E-state index in [9.17, 15) is 5.11 Å². The maximum Gasteiger partial charge on any atom is 0.139 e. The van der Waals surface area contributed by atoms with Crippen LogP contribution in [0.5, 0.6) is 5.75 Å². The molecule has 0 aliphatic carbocycles. The number of aliphatic hydroxyl groups excluding tert-OH is 1. The smallest absolute Gasteiger partial charge is 0.139 e. The van der Waals surface area contributed by atoms with Gasteiger partial charge in [0.2, 0.25) is 0 Å². The number of aliphatic hydroxyl groups is 1. The van der Waals surface area contributed by atoms with Gasteiger partial charge in [0.05, 0.1) is 16.6 Å². The van der Waals surface area contributed by atoms with Gasteiger partial charge in [-0.3, -0.25) is 0 Å². The molecule has 0 spiro atoms. The van der Waals surface area contributed by atoms with Crippen LogP contribution in [0.1, 0.15) is 17.2 Å². The second kappa shape index (κ2) is 6.83. The van der Waals surface area contributed by atoms with Gasteiger partial charge in [0.1, 0.15) is 11.9 Å². The molecule has 0 heterocycles. The van der Waals surface area contributed by atoms with E-state index in [1.54, 1.807) is 25.3 Å². The Labute approximate surface area is 149 Å². The Morgan fingerprint density at radius 1 is 1.25 bits per heavy atom. The fraction of sp³-hybridized carbons (Fsp3) is 0.143. The standard InChI is InChI=1S/C14H10BrCl2IO2/c1-20-14-9(5-8(16)6-10(14)15)13(19)7-2-3-12(18)11(17)4-7/h2-6,13,19H,1H3. The van der Waals surface area contributed by atoms with Gasteiger partial charge in [-0.2, -0.15) is 0 Å². The molecule has 0 aliphatic heterocycles. The average Bonchev–Trinajstić information content (AvgIpc) is 2.40. The summed E-state index contributed by atoms with van der Waals surface area (Å²) < 4.78 is 6.95. The van der Waals surface area contributed by atoms with Crippen LogP contribution in [0.2, 0.25) is 10.0 Å². The predicted octanol–water partition coefficient (Wildman–Crippen LogP) is 5.45. The molecule has 0 bridgehead atoms. The molecule has 0 saturated carbocycles. The highest BCUT2D eigenvalue weighted by atomic mass is 127. The number of benzene rings is 2. The molecule has 2 aromatic rings. The van der Waals surface area contributed by atoms with E-state index in [0.29, 0.717) is 31.4 Å². The van der Waals surface area contributed by atoms with Crippen molar-refractivity contribution in [3.05, 3.63) is 59.5 Å². The first-order chi connectivity index (χ1) is 9.43. The summed E-state index contributed by atoms with van der Waals surface area (Å²) in [5, 5.41) is 11.7. The Bertz CT molecular complexity index is 649. The first-order valence-corrected chi connectivity index (χ1v) is 8.22. The molecule has 2 rings (SSSR count). The third kappa shape index (κ3) is 3.42. The maximum absolute atomic E-state index is 10.5. The number of ether oxygens (including phenoxy) is 1. The Morgan fingerprint density at radius 2 is 1.95 bits per heavy atom. The zero-order chi connectivity index (χ0) is 14.9. The van der Waals surface area contributed by atoms with Crippen molar-refractivity contribution in [2.75, 3.05) is 7.11 Å². The van der Waals surface area contributed by atoms with Gasteiger partial charge in [-0.05, 0) is 68.3 Å². The second-order valence-corrected chi connectivity index (χ2v) is 6.95. The number of halogens is 4. The third-order valence-corrected chi connectivity index (χ3v) is 5.17. The van der Waals surface area contributed by atoms with Crippen LogP contribution in [0.15, 0.2) is 34.8 Å². The highest BCUT2D eigenvalue weighted by Crippen LogP contribution is 2.38. The van der Waals surface area contributed by atoms with E-state index in [-0.39, 0.29) is 0 Å². The number of rotatable bonds is 3. The Balaban J connectivity index is 2.52. The van der Waals surface area contributed by atoms with Gasteiger partial charge in [-0.15, -0.1) is 0 Å². The summed E-state index contributed by atoms with van der Waals surface area (Å²) in [4.78, 5) is 0. The van der Waals surface area contributed by atoms with Gasteiger partial charge >= 0.3 is 0 Å². The number of hydrogen-bond donors (Lipinski definition) is 1. The fourth-order valence-corrected chi connectivity index (χ4v) is 3.38. The molecule has 2 nitrogen and oxygen atoms in total. The molecular formula is C14H10BrCl2IO2. The lowest BCUT2D eigenvalue weighted by Crippen LogP contribution is -2.03. The van der Waals surface area contributed by atoms with Gasteiger partial charge in [0, 0.05) is 14.2 Å². The van der Waals surface area contributed by atoms with E-state index in [2.05, 4.69) is 38.5 Å². The second-order valence-electron chi connectivity index (χ2n) is 4.09. The van der Waals surface area contributed by atoms with Crippen LogP contribution in [0.25, 0.3) is 0 Å². The van der Waals surface area contributed by atoms with Crippen LogP contribution < -0.4 is 4.74 Å². The number of hydrogen-bond acceptors (Lipinski definition) is 2. The minimum atomic E-state index is -0.866. The van der Waals surface area contributed by atoms with E-state index in [1.165, 1.54) is 0 Å². The largest absolute Gasteiger partial charge is 0.495 e. The van der Waals surface area contributed by atoms with E-state index in [1.807, 2.05) is 12.1 Å². The van der Waals surface area contributed by atoms with Crippen molar-refractivity contribution in [1.82, 2.24) is 0 Å². The SMILES string of the molecule is COc1c(Br)cc(Cl)cc1C(O)c1ccc(I)c(Cl)c1. The minimum Gasteiger partial charge on any atom is -0.495 e. The minimum absolute atomic E-state index is 0.517. The normalized spacial score (nSPS) is 12.3. The van der Waals surface area contributed by atoms with Gasteiger partial charge in [0.25, 0.3) is 0 Å². The summed E-state index contributed by atoms with van der Waals surface area (Å²) in [7, 11) is 1.55. The summed E-state index contributed by atoms with van der Waals surface area (Å²) in [5.41, 5.74) is 1.27. The van der Waals surface area contributed by atoms with Crippen molar-refractivity contribution in [3.8, 4) is 5.75 Å². The maximum atomic E-state index is 10.5. The molecule has 1 unspecified atom stereocenters. The van der Waals surface area contributed by atoms with Crippen molar-refractivity contribution in [3.63, 3.8) is 0 Å². The fourth-order valence-electron chi connectivity index (χ4n) is 1.86. The molecule has 0 saturated heterocycles. The molecular weight excluding hydrogens is 478 g/mol. The van der Waals surface area contributed by atoms with E-state index >= 15 is 0 Å². The Morgan fingerprint density at radius 3 is 2.55 bits per heavy atom. The van der Waals surface area contributed by atoms with Crippen molar-refractivity contribution >= 4 is 61.7 Å². The topological polar surface area (TPSA) is 29.5 Å². The number of methoxy groups -OCH3 is 1. The zero-order valence-electron chi connectivity index (χ0n) is 10.3. The van der Waals surface area contributed by atoms with E-state index < -0.39 is 6.10 Å². The van der Waals surface area contributed by atoms with Crippen molar-refractivity contribution in [2.24, 2.45) is 0 Å². The zero-order valence-corrected chi connectivity index (χ0v) is 15.6. The van der Waals surface area contributed by atoms with E-state index in [0.717, 1.165) is 3.57 Å².